The number of hydrogen-bond acceptors (Lipinski definition) is 3. The molecule has 0 bridgehead atoms. The first-order valence-corrected chi connectivity index (χ1v) is 6.77. The van der Waals surface area contributed by atoms with Gasteiger partial charge in [0.05, 0.1) is 0 Å². The molecule has 1 rings (SSSR count). The molecule has 1 aromatic rings. The predicted octanol–water partition coefficient (Wildman–Crippen LogP) is 1.95. The Morgan fingerprint density at radius 3 is 2.57 bits per heavy atom. The van der Waals surface area contributed by atoms with Gasteiger partial charge in [-0.25, -0.2) is 4.79 Å². The molecule has 2 atom stereocenters. The quantitative estimate of drug-likeness (QED) is 0.682. The molecule has 0 saturated carbocycles. The smallest absolute Gasteiger partial charge is 0.326 e. The fraction of sp³-hybridized carbons (Fsp3) is 0.375. The maximum absolute atomic E-state index is 12.0. The van der Waals surface area contributed by atoms with Gasteiger partial charge in [0.2, 0.25) is 5.91 Å². The third-order valence-electron chi connectivity index (χ3n) is 3.16. The molecule has 0 saturated heterocycles. The van der Waals surface area contributed by atoms with Gasteiger partial charge in [-0.1, -0.05) is 36.4 Å². The first-order chi connectivity index (χ1) is 10.1. The van der Waals surface area contributed by atoms with Crippen LogP contribution in [0.4, 0.5) is 0 Å². The second-order valence-corrected chi connectivity index (χ2v) is 4.70. The van der Waals surface area contributed by atoms with E-state index in [2.05, 4.69) is 11.9 Å². The predicted molar refractivity (Wildman–Crippen MR) is 80.1 cm³/mol. The lowest BCUT2D eigenvalue weighted by atomic mass is 9.95. The standard InChI is InChI=1S/C16H21NO4/c1-3-12(13-7-5-4-6-8-13)11-15(18)17-14(16(19)20)9-10-21-2/h3-8,12,14H,1,9-11H2,2H3,(H,17,18)(H,19,20). The number of carbonyl (C=O) groups excluding carboxylic acids is 1. The highest BCUT2D eigenvalue weighted by atomic mass is 16.5. The van der Waals surface area contributed by atoms with Crippen molar-refractivity contribution in [2.75, 3.05) is 13.7 Å². The van der Waals surface area contributed by atoms with E-state index in [0.29, 0.717) is 0 Å². The van der Waals surface area contributed by atoms with Crippen LogP contribution in [0.15, 0.2) is 43.0 Å². The van der Waals surface area contributed by atoms with Crippen LogP contribution >= 0.6 is 0 Å². The Morgan fingerprint density at radius 1 is 1.38 bits per heavy atom. The summed E-state index contributed by atoms with van der Waals surface area (Å²) in [6.07, 6.45) is 2.10. The van der Waals surface area contributed by atoms with Crippen molar-refractivity contribution in [3.63, 3.8) is 0 Å². The molecule has 0 aliphatic carbocycles. The first kappa shape index (κ1) is 16.9. The van der Waals surface area contributed by atoms with E-state index in [-0.39, 0.29) is 31.3 Å². The average molecular weight is 291 g/mol. The van der Waals surface area contributed by atoms with Crippen molar-refractivity contribution in [1.29, 1.82) is 0 Å². The number of aliphatic carboxylic acids is 1. The molecule has 0 fully saturated rings. The number of carboxylic acid groups (broad SMARTS) is 1. The minimum atomic E-state index is -1.06. The summed E-state index contributed by atoms with van der Waals surface area (Å²) < 4.78 is 4.84. The normalized spacial score (nSPS) is 13.2. The SMILES string of the molecule is C=CC(CC(=O)NC(CCOC)C(=O)O)c1ccccc1. The van der Waals surface area contributed by atoms with Crippen LogP contribution in [0.3, 0.4) is 0 Å². The molecule has 2 N–H and O–H groups in total. The lowest BCUT2D eigenvalue weighted by Gasteiger charge is -2.17. The number of amides is 1. The van der Waals surface area contributed by atoms with Gasteiger partial charge >= 0.3 is 5.97 Å². The van der Waals surface area contributed by atoms with Gasteiger partial charge in [-0.15, -0.1) is 6.58 Å². The van der Waals surface area contributed by atoms with Crippen molar-refractivity contribution >= 4 is 11.9 Å². The van der Waals surface area contributed by atoms with Gasteiger partial charge in [-0.2, -0.15) is 0 Å². The number of methoxy groups -OCH3 is 1. The topological polar surface area (TPSA) is 75.6 Å². The van der Waals surface area contributed by atoms with Crippen LogP contribution in [0.1, 0.15) is 24.3 Å². The van der Waals surface area contributed by atoms with Crippen molar-refractivity contribution in [2.45, 2.75) is 24.8 Å². The Morgan fingerprint density at radius 2 is 2.05 bits per heavy atom. The second-order valence-electron chi connectivity index (χ2n) is 4.70. The van der Waals surface area contributed by atoms with E-state index in [4.69, 9.17) is 9.84 Å². The zero-order valence-corrected chi connectivity index (χ0v) is 12.1. The van der Waals surface area contributed by atoms with E-state index in [0.717, 1.165) is 5.56 Å². The largest absolute Gasteiger partial charge is 0.480 e. The minimum absolute atomic E-state index is 0.136. The Bertz CT molecular complexity index is 472. The third kappa shape index (κ3) is 5.79. The number of allylic oxidation sites excluding steroid dienone is 1. The summed E-state index contributed by atoms with van der Waals surface area (Å²) in [6.45, 7) is 4.02. The molecule has 0 radical (unpaired) electrons. The molecular formula is C16H21NO4. The summed E-state index contributed by atoms with van der Waals surface area (Å²) in [4.78, 5) is 23.1. The number of carbonyl (C=O) groups is 2. The number of nitrogens with one attached hydrogen (secondary N) is 1. The molecule has 5 heteroatoms. The lowest BCUT2D eigenvalue weighted by Crippen LogP contribution is -2.41. The second kappa shape index (κ2) is 8.92. The molecular weight excluding hydrogens is 270 g/mol. The zero-order valence-electron chi connectivity index (χ0n) is 12.1. The van der Waals surface area contributed by atoms with Crippen molar-refractivity contribution < 1.29 is 19.4 Å². The minimum Gasteiger partial charge on any atom is -0.480 e. The van der Waals surface area contributed by atoms with Gasteiger partial charge in [0, 0.05) is 32.5 Å². The first-order valence-electron chi connectivity index (χ1n) is 6.77. The molecule has 2 unspecified atom stereocenters. The fourth-order valence-electron chi connectivity index (χ4n) is 1.98. The number of rotatable bonds is 9. The van der Waals surface area contributed by atoms with E-state index >= 15 is 0 Å². The van der Waals surface area contributed by atoms with E-state index in [1.807, 2.05) is 30.3 Å². The maximum atomic E-state index is 12.0. The van der Waals surface area contributed by atoms with Gasteiger partial charge in [0.1, 0.15) is 6.04 Å². The van der Waals surface area contributed by atoms with Gasteiger partial charge < -0.3 is 15.2 Å². The molecule has 0 heterocycles. The Hall–Kier alpha value is -2.14. The molecule has 114 valence electrons. The van der Waals surface area contributed by atoms with Crippen molar-refractivity contribution in [2.24, 2.45) is 0 Å². The monoisotopic (exact) mass is 291 g/mol. The summed E-state index contributed by atoms with van der Waals surface area (Å²) in [5.41, 5.74) is 0.978. The van der Waals surface area contributed by atoms with Crippen LogP contribution in [-0.2, 0) is 14.3 Å². The Kier molecular flexibility index (Phi) is 7.18. The van der Waals surface area contributed by atoms with Crippen LogP contribution < -0.4 is 5.32 Å². The van der Waals surface area contributed by atoms with Gasteiger partial charge in [-0.3, -0.25) is 4.79 Å². The molecule has 0 aromatic heterocycles. The van der Waals surface area contributed by atoms with Crippen LogP contribution in [0.2, 0.25) is 0 Å². The number of benzene rings is 1. The maximum Gasteiger partial charge on any atom is 0.326 e. The van der Waals surface area contributed by atoms with E-state index in [9.17, 15) is 9.59 Å². The van der Waals surface area contributed by atoms with Crippen LogP contribution in [0, 0.1) is 0 Å². The molecule has 0 spiro atoms. The highest BCUT2D eigenvalue weighted by molar-refractivity contribution is 5.84. The number of ether oxygens (including phenoxy) is 1. The molecule has 5 nitrogen and oxygen atoms in total. The summed E-state index contributed by atoms with van der Waals surface area (Å²) in [5.74, 6) is -1.51. The van der Waals surface area contributed by atoms with Crippen LogP contribution in [0.25, 0.3) is 0 Å². The van der Waals surface area contributed by atoms with Gasteiger partial charge in [0.15, 0.2) is 0 Å². The summed E-state index contributed by atoms with van der Waals surface area (Å²) in [6, 6.07) is 8.58. The van der Waals surface area contributed by atoms with Crippen molar-refractivity contribution in [1.82, 2.24) is 5.32 Å². The molecule has 21 heavy (non-hydrogen) atoms. The summed E-state index contributed by atoms with van der Waals surface area (Å²) in [7, 11) is 1.49. The van der Waals surface area contributed by atoms with Crippen molar-refractivity contribution in [3.8, 4) is 0 Å². The van der Waals surface area contributed by atoms with Gasteiger partial charge in [-0.05, 0) is 5.56 Å². The van der Waals surface area contributed by atoms with Gasteiger partial charge in [0.25, 0.3) is 0 Å². The van der Waals surface area contributed by atoms with Crippen LogP contribution in [0.5, 0.6) is 0 Å². The Balaban J connectivity index is 2.61. The van der Waals surface area contributed by atoms with Crippen LogP contribution in [-0.4, -0.2) is 36.7 Å². The summed E-state index contributed by atoms with van der Waals surface area (Å²) in [5, 5.41) is 11.6. The average Bonchev–Trinajstić information content (AvgIpc) is 2.49. The van der Waals surface area contributed by atoms with E-state index < -0.39 is 12.0 Å². The highest BCUT2D eigenvalue weighted by Gasteiger charge is 2.21. The Labute approximate surface area is 124 Å². The molecule has 1 amide bonds. The third-order valence-corrected chi connectivity index (χ3v) is 3.16. The van der Waals surface area contributed by atoms with E-state index in [1.54, 1.807) is 6.08 Å². The molecule has 0 aliphatic rings. The molecule has 1 aromatic carbocycles. The molecule has 0 aliphatic heterocycles. The lowest BCUT2D eigenvalue weighted by molar-refractivity contribution is -0.142. The number of carboxylic acids is 1. The van der Waals surface area contributed by atoms with E-state index in [1.165, 1.54) is 7.11 Å². The zero-order chi connectivity index (χ0) is 15.7. The van der Waals surface area contributed by atoms with Crippen molar-refractivity contribution in [3.05, 3.63) is 48.6 Å². The fourth-order valence-corrected chi connectivity index (χ4v) is 1.98. The summed E-state index contributed by atoms with van der Waals surface area (Å²) >= 11 is 0. The number of hydrogen-bond donors (Lipinski definition) is 2. The highest BCUT2D eigenvalue weighted by Crippen LogP contribution is 2.20.